The molecule has 2 N–H and O–H groups in total. The average Bonchev–Trinajstić information content (AvgIpc) is 2.86. The van der Waals surface area contributed by atoms with Crippen molar-refractivity contribution in [3.05, 3.63) is 11.7 Å². The molecule has 2 rings (SSSR count). The van der Waals surface area contributed by atoms with Gasteiger partial charge >= 0.3 is 0 Å². The summed E-state index contributed by atoms with van der Waals surface area (Å²) in [6, 6.07) is -0.110. The maximum atomic E-state index is 6.04. The molecule has 0 saturated heterocycles. The second kappa shape index (κ2) is 6.57. The van der Waals surface area contributed by atoms with Crippen LogP contribution in [0.5, 0.6) is 0 Å². The molecule has 0 spiro atoms. The van der Waals surface area contributed by atoms with E-state index in [1.807, 2.05) is 0 Å². The van der Waals surface area contributed by atoms with Crippen molar-refractivity contribution in [3.63, 3.8) is 0 Å². The topological polar surface area (TPSA) is 64.9 Å². The first-order valence-electron chi connectivity index (χ1n) is 6.78. The fraction of sp³-hybridized carbons (Fsp3) is 0.846. The zero-order chi connectivity index (χ0) is 13.0. The number of thioether (sulfide) groups is 1. The van der Waals surface area contributed by atoms with Gasteiger partial charge in [-0.1, -0.05) is 24.9 Å². The van der Waals surface area contributed by atoms with Gasteiger partial charge in [-0.3, -0.25) is 0 Å². The molecule has 0 aliphatic heterocycles. The van der Waals surface area contributed by atoms with Crippen molar-refractivity contribution in [2.75, 3.05) is 12.0 Å². The summed E-state index contributed by atoms with van der Waals surface area (Å²) in [7, 11) is 0. The Kier molecular flexibility index (Phi) is 5.06. The summed E-state index contributed by atoms with van der Waals surface area (Å²) in [6.07, 6.45) is 7.88. The second-order valence-electron chi connectivity index (χ2n) is 5.34. The number of rotatable bonds is 5. The minimum Gasteiger partial charge on any atom is -0.338 e. The molecular weight excluding hydrogens is 246 g/mol. The molecule has 1 aromatic rings. The first kappa shape index (κ1) is 13.9. The molecule has 0 amide bonds. The van der Waals surface area contributed by atoms with Gasteiger partial charge in [0.15, 0.2) is 5.82 Å². The van der Waals surface area contributed by atoms with Crippen LogP contribution in [0.15, 0.2) is 4.52 Å². The van der Waals surface area contributed by atoms with Crippen molar-refractivity contribution in [1.29, 1.82) is 0 Å². The van der Waals surface area contributed by atoms with Crippen LogP contribution in [0.25, 0.3) is 0 Å². The Labute approximate surface area is 113 Å². The van der Waals surface area contributed by atoms with E-state index in [1.165, 1.54) is 25.7 Å². The molecule has 0 bridgehead atoms. The minimum atomic E-state index is -0.110. The first-order chi connectivity index (χ1) is 8.70. The molecule has 1 aliphatic carbocycles. The van der Waals surface area contributed by atoms with E-state index in [1.54, 1.807) is 11.8 Å². The van der Waals surface area contributed by atoms with Gasteiger partial charge in [0.25, 0.3) is 0 Å². The van der Waals surface area contributed by atoms with Crippen LogP contribution in [0.1, 0.15) is 62.7 Å². The molecule has 4 nitrogen and oxygen atoms in total. The van der Waals surface area contributed by atoms with Crippen molar-refractivity contribution >= 4 is 11.8 Å². The largest absolute Gasteiger partial charge is 0.338 e. The van der Waals surface area contributed by atoms with Gasteiger partial charge in [-0.15, -0.1) is 0 Å². The van der Waals surface area contributed by atoms with Gasteiger partial charge in [0.2, 0.25) is 5.89 Å². The van der Waals surface area contributed by atoms with E-state index in [9.17, 15) is 0 Å². The van der Waals surface area contributed by atoms with Crippen LogP contribution in [-0.2, 0) is 0 Å². The Bertz CT molecular complexity index is 361. The molecular formula is C13H23N3OS. The lowest BCUT2D eigenvalue weighted by Crippen LogP contribution is -2.14. The SMILES string of the molecule is CSCC[C@@H](N)c1nc(C2CCC(C)CC2)no1. The molecule has 1 heterocycles. The van der Waals surface area contributed by atoms with E-state index in [4.69, 9.17) is 10.3 Å². The highest BCUT2D eigenvalue weighted by Crippen LogP contribution is 2.34. The molecule has 1 saturated carbocycles. The quantitative estimate of drug-likeness (QED) is 0.889. The molecule has 5 heteroatoms. The average molecular weight is 269 g/mol. The van der Waals surface area contributed by atoms with Gasteiger partial charge in [0.1, 0.15) is 0 Å². The van der Waals surface area contributed by atoms with E-state index in [0.29, 0.717) is 11.8 Å². The highest BCUT2D eigenvalue weighted by atomic mass is 32.2. The monoisotopic (exact) mass is 269 g/mol. The number of hydrogen-bond acceptors (Lipinski definition) is 5. The highest BCUT2D eigenvalue weighted by Gasteiger charge is 2.25. The van der Waals surface area contributed by atoms with Crippen molar-refractivity contribution < 1.29 is 4.52 Å². The predicted octanol–water partition coefficient (Wildman–Crippen LogP) is 3.12. The van der Waals surface area contributed by atoms with E-state index in [2.05, 4.69) is 23.3 Å². The molecule has 102 valence electrons. The van der Waals surface area contributed by atoms with E-state index >= 15 is 0 Å². The Morgan fingerprint density at radius 3 is 2.78 bits per heavy atom. The van der Waals surface area contributed by atoms with Gasteiger partial charge in [0.05, 0.1) is 6.04 Å². The number of aromatic nitrogens is 2. The van der Waals surface area contributed by atoms with Gasteiger partial charge < -0.3 is 10.3 Å². The first-order valence-corrected chi connectivity index (χ1v) is 8.18. The molecule has 1 fully saturated rings. The van der Waals surface area contributed by atoms with Gasteiger partial charge in [-0.2, -0.15) is 16.7 Å². The molecule has 0 unspecified atom stereocenters. The van der Waals surface area contributed by atoms with Crippen molar-refractivity contribution in [2.24, 2.45) is 11.7 Å². The minimum absolute atomic E-state index is 0.110. The van der Waals surface area contributed by atoms with Crippen LogP contribution in [0.2, 0.25) is 0 Å². The molecule has 1 aromatic heterocycles. The summed E-state index contributed by atoms with van der Waals surface area (Å²) >= 11 is 1.79. The van der Waals surface area contributed by atoms with Crippen molar-refractivity contribution in [3.8, 4) is 0 Å². The van der Waals surface area contributed by atoms with Crippen LogP contribution < -0.4 is 5.73 Å². The van der Waals surface area contributed by atoms with Crippen LogP contribution in [0.4, 0.5) is 0 Å². The summed E-state index contributed by atoms with van der Waals surface area (Å²) in [5.74, 6) is 3.83. The van der Waals surface area contributed by atoms with E-state index in [0.717, 1.165) is 23.9 Å². The lowest BCUT2D eigenvalue weighted by molar-refractivity contribution is 0.318. The maximum absolute atomic E-state index is 6.04. The molecule has 0 radical (unpaired) electrons. The molecule has 1 atom stereocenters. The summed E-state index contributed by atoms with van der Waals surface area (Å²) in [5, 5.41) is 4.12. The maximum Gasteiger partial charge on any atom is 0.243 e. The van der Waals surface area contributed by atoms with Crippen LogP contribution in [-0.4, -0.2) is 22.1 Å². The second-order valence-corrected chi connectivity index (χ2v) is 6.32. The molecule has 0 aromatic carbocycles. The third-order valence-corrected chi connectivity index (χ3v) is 4.43. The predicted molar refractivity (Wildman–Crippen MR) is 74.6 cm³/mol. The Balaban J connectivity index is 1.93. The summed E-state index contributed by atoms with van der Waals surface area (Å²) in [5.41, 5.74) is 6.04. The van der Waals surface area contributed by atoms with Crippen LogP contribution in [0.3, 0.4) is 0 Å². The molecule has 1 aliphatic rings. The van der Waals surface area contributed by atoms with Crippen LogP contribution >= 0.6 is 11.8 Å². The number of nitrogens with zero attached hydrogens (tertiary/aromatic N) is 2. The normalized spacial score (nSPS) is 26.2. The third-order valence-electron chi connectivity index (χ3n) is 3.79. The zero-order valence-electron chi connectivity index (χ0n) is 11.3. The summed E-state index contributed by atoms with van der Waals surface area (Å²) < 4.78 is 5.31. The summed E-state index contributed by atoms with van der Waals surface area (Å²) in [6.45, 7) is 2.32. The van der Waals surface area contributed by atoms with E-state index in [-0.39, 0.29) is 6.04 Å². The van der Waals surface area contributed by atoms with Gasteiger partial charge in [0, 0.05) is 5.92 Å². The van der Waals surface area contributed by atoms with E-state index < -0.39 is 0 Å². The zero-order valence-corrected chi connectivity index (χ0v) is 12.1. The summed E-state index contributed by atoms with van der Waals surface area (Å²) in [4.78, 5) is 4.50. The molecule has 18 heavy (non-hydrogen) atoms. The van der Waals surface area contributed by atoms with Gasteiger partial charge in [-0.25, -0.2) is 0 Å². The highest BCUT2D eigenvalue weighted by molar-refractivity contribution is 7.98. The van der Waals surface area contributed by atoms with Crippen LogP contribution in [0, 0.1) is 5.92 Å². The fourth-order valence-corrected chi connectivity index (χ4v) is 2.94. The van der Waals surface area contributed by atoms with Crippen molar-refractivity contribution in [1.82, 2.24) is 10.1 Å². The Hall–Kier alpha value is -0.550. The van der Waals surface area contributed by atoms with Crippen molar-refractivity contribution in [2.45, 2.75) is 51.0 Å². The lowest BCUT2D eigenvalue weighted by Gasteiger charge is -2.23. The van der Waals surface area contributed by atoms with Gasteiger partial charge in [-0.05, 0) is 37.2 Å². The standard InChI is InChI=1S/C13H23N3OS/c1-9-3-5-10(6-4-9)12-15-13(17-16-12)11(14)7-8-18-2/h9-11H,3-8,14H2,1-2H3/t9?,10?,11-/m1/s1. The number of nitrogens with two attached hydrogens (primary N) is 1. The Morgan fingerprint density at radius 2 is 2.11 bits per heavy atom. The third kappa shape index (κ3) is 3.48. The number of hydrogen-bond donors (Lipinski definition) is 1. The smallest absolute Gasteiger partial charge is 0.243 e. The Morgan fingerprint density at radius 1 is 1.39 bits per heavy atom. The fourth-order valence-electron chi connectivity index (χ4n) is 2.45. The lowest BCUT2D eigenvalue weighted by atomic mass is 9.83.